The normalized spacial score (nSPS) is 16.6. The Morgan fingerprint density at radius 1 is 0.831 bits per heavy atom. The summed E-state index contributed by atoms with van der Waals surface area (Å²) in [4.78, 5) is 53.5. The number of anilines is 1. The summed E-state index contributed by atoms with van der Waals surface area (Å²) in [5, 5.41) is 12.7. The van der Waals surface area contributed by atoms with E-state index in [9.17, 15) is 14.4 Å². The van der Waals surface area contributed by atoms with Gasteiger partial charge < -0.3 is 20.2 Å². The number of carbonyl (C=O) groups excluding carboxylic acids is 3. The molecular formula is C46H38BrN5O5S2. The van der Waals surface area contributed by atoms with Gasteiger partial charge in [0, 0.05) is 16.5 Å². The lowest BCUT2D eigenvalue weighted by Gasteiger charge is -2.49. The molecule has 6 aromatic rings. The molecule has 5 aromatic carbocycles. The quantitative estimate of drug-likeness (QED) is 0.0280. The monoisotopic (exact) mass is 883 g/mol. The molecule has 2 aliphatic rings. The highest BCUT2D eigenvalue weighted by Gasteiger charge is 2.55. The smallest absolute Gasteiger partial charge is 0.356 e. The molecule has 3 heterocycles. The maximum absolute atomic E-state index is 14.1. The van der Waals surface area contributed by atoms with Crippen molar-refractivity contribution in [3.8, 4) is 0 Å². The second-order valence-electron chi connectivity index (χ2n) is 13.7. The van der Waals surface area contributed by atoms with Gasteiger partial charge in [0.2, 0.25) is 0 Å². The van der Waals surface area contributed by atoms with Gasteiger partial charge in [-0.05, 0) is 33.4 Å². The lowest BCUT2D eigenvalue weighted by Crippen LogP contribution is -2.71. The molecule has 8 rings (SSSR count). The van der Waals surface area contributed by atoms with E-state index in [0.717, 1.165) is 33.4 Å². The molecule has 13 heteroatoms. The van der Waals surface area contributed by atoms with Crippen LogP contribution in [0.1, 0.15) is 39.6 Å². The van der Waals surface area contributed by atoms with Crippen molar-refractivity contribution in [1.82, 2.24) is 15.2 Å². The van der Waals surface area contributed by atoms with Gasteiger partial charge in [-0.1, -0.05) is 173 Å². The number of rotatable bonds is 14. The predicted molar refractivity (Wildman–Crippen MR) is 235 cm³/mol. The van der Waals surface area contributed by atoms with Crippen molar-refractivity contribution < 1.29 is 24.0 Å². The molecule has 2 aliphatic heterocycles. The summed E-state index contributed by atoms with van der Waals surface area (Å²) in [5.41, 5.74) is 4.79. The molecule has 0 unspecified atom stereocenters. The minimum atomic E-state index is -0.939. The number of amides is 2. The van der Waals surface area contributed by atoms with E-state index in [1.54, 1.807) is 5.38 Å². The Morgan fingerprint density at radius 3 is 1.83 bits per heavy atom. The Bertz CT molecular complexity index is 2350. The van der Waals surface area contributed by atoms with E-state index in [4.69, 9.17) is 14.6 Å². The maximum Gasteiger partial charge on any atom is 0.356 e. The van der Waals surface area contributed by atoms with Crippen molar-refractivity contribution in [3.63, 3.8) is 0 Å². The van der Waals surface area contributed by atoms with Crippen LogP contribution in [0.3, 0.4) is 0 Å². The average molecular weight is 885 g/mol. The molecule has 0 spiro atoms. The number of carbonyl (C=O) groups is 3. The predicted octanol–water partition coefficient (Wildman–Crippen LogP) is 8.28. The number of halogens is 1. The fourth-order valence-corrected chi connectivity index (χ4v) is 10.2. The Labute approximate surface area is 358 Å². The van der Waals surface area contributed by atoms with Crippen LogP contribution in [0.5, 0.6) is 0 Å². The summed E-state index contributed by atoms with van der Waals surface area (Å²) in [6.07, 6.45) is -0.697. The molecule has 2 atom stereocenters. The molecule has 2 N–H and O–H groups in total. The van der Waals surface area contributed by atoms with E-state index >= 15 is 0 Å². The number of nitrogens with one attached hydrogen (secondary N) is 2. The van der Waals surface area contributed by atoms with Crippen LogP contribution in [0.2, 0.25) is 0 Å². The summed E-state index contributed by atoms with van der Waals surface area (Å²) >= 11 is 6.29. The number of hydrogen-bond acceptors (Lipinski definition) is 10. The van der Waals surface area contributed by atoms with E-state index in [1.165, 1.54) is 35.1 Å². The number of thiazole rings is 1. The highest BCUT2D eigenvalue weighted by molar-refractivity contribution is 9.09. The number of nitrogens with zero attached hydrogens (tertiary/aromatic N) is 3. The molecule has 10 nitrogen and oxygen atoms in total. The third-order valence-corrected chi connectivity index (χ3v) is 13.0. The summed E-state index contributed by atoms with van der Waals surface area (Å²) in [6, 6.07) is 48.4. The standard InChI is InChI=1S/C46H38BrN5O5S2/c1-56-51-37(36-29-59-45(48-36)50-46(33-21-11-4-12-22-33,34-23-13-5-14-24-34)35-25-15-6-16-26-35)41(53)49-38-42(54)52-39(32(27-47)28-58-43(38)52)44(55)57-40(30-17-7-2-8-18-30)31-19-9-3-10-20-31/h2-26,29,38,40,43H,27-28H2,1H3,(H,48,50)(H,49,53)/b51-37-/t38-,43-/m1/s1. The summed E-state index contributed by atoms with van der Waals surface area (Å²) in [6.45, 7) is 0. The van der Waals surface area contributed by atoms with Crippen molar-refractivity contribution in [2.75, 3.05) is 23.5 Å². The number of β-lactam (4-membered cyclic amide) rings is 1. The van der Waals surface area contributed by atoms with Gasteiger partial charge in [0.1, 0.15) is 35.5 Å². The van der Waals surface area contributed by atoms with Gasteiger partial charge in [0.15, 0.2) is 16.9 Å². The average Bonchev–Trinajstić information content (AvgIpc) is 3.76. The van der Waals surface area contributed by atoms with Gasteiger partial charge in [-0.3, -0.25) is 14.5 Å². The van der Waals surface area contributed by atoms with Crippen LogP contribution >= 0.6 is 39.0 Å². The lowest BCUT2D eigenvalue weighted by molar-refractivity contribution is -0.154. The Hall–Kier alpha value is -6.02. The zero-order valence-electron chi connectivity index (χ0n) is 31.7. The van der Waals surface area contributed by atoms with E-state index in [0.29, 0.717) is 16.2 Å². The molecule has 1 aromatic heterocycles. The molecule has 1 saturated heterocycles. The van der Waals surface area contributed by atoms with Crippen LogP contribution < -0.4 is 10.6 Å². The Balaban J connectivity index is 1.03. The fourth-order valence-electron chi connectivity index (χ4n) is 7.41. The van der Waals surface area contributed by atoms with Gasteiger partial charge in [0.05, 0.1) is 0 Å². The van der Waals surface area contributed by atoms with Crippen LogP contribution in [-0.2, 0) is 29.5 Å². The minimum absolute atomic E-state index is 0.0986. The first-order valence-electron chi connectivity index (χ1n) is 18.8. The molecule has 296 valence electrons. The van der Waals surface area contributed by atoms with Crippen molar-refractivity contribution in [2.24, 2.45) is 5.16 Å². The topological polar surface area (TPSA) is 122 Å². The summed E-state index contributed by atoms with van der Waals surface area (Å²) in [7, 11) is 1.35. The number of benzene rings is 5. The number of hydrogen-bond donors (Lipinski definition) is 2. The molecule has 0 aliphatic carbocycles. The maximum atomic E-state index is 14.1. The number of thioether (sulfide) groups is 1. The van der Waals surface area contributed by atoms with Crippen molar-refractivity contribution in [3.05, 3.63) is 202 Å². The Morgan fingerprint density at radius 2 is 1.34 bits per heavy atom. The second kappa shape index (κ2) is 17.9. The number of ether oxygens (including phenoxy) is 1. The van der Waals surface area contributed by atoms with E-state index in [1.807, 2.05) is 115 Å². The first kappa shape index (κ1) is 39.8. The van der Waals surface area contributed by atoms with Crippen molar-refractivity contribution in [2.45, 2.75) is 23.1 Å². The molecule has 2 amide bonds. The highest BCUT2D eigenvalue weighted by Crippen LogP contribution is 2.43. The zero-order valence-corrected chi connectivity index (χ0v) is 35.0. The van der Waals surface area contributed by atoms with Gasteiger partial charge in [0.25, 0.3) is 11.8 Å². The van der Waals surface area contributed by atoms with E-state index < -0.39 is 40.8 Å². The third-order valence-electron chi connectivity index (χ3n) is 10.2. The second-order valence-corrected chi connectivity index (χ2v) is 16.2. The SMILES string of the molecule is CO/N=C(\C(=O)N[C@@H]1C(=O)N2C(C(=O)OC(c3ccccc3)c3ccccc3)=C(CBr)CS[C@H]12)c1csc(NC(c2ccccc2)(c2ccccc2)c2ccccc2)n1. The fraction of sp³-hybridized carbons (Fsp3) is 0.152. The minimum Gasteiger partial charge on any atom is -0.448 e. The number of fused-ring (bicyclic) bond motifs is 1. The number of oxime groups is 1. The largest absolute Gasteiger partial charge is 0.448 e. The summed E-state index contributed by atoms with van der Waals surface area (Å²) < 4.78 is 6.20. The van der Waals surface area contributed by atoms with Crippen molar-refractivity contribution in [1.29, 1.82) is 0 Å². The van der Waals surface area contributed by atoms with Gasteiger partial charge in [-0.25, -0.2) is 9.78 Å². The third kappa shape index (κ3) is 7.93. The molecule has 0 saturated carbocycles. The van der Waals surface area contributed by atoms with Gasteiger partial charge >= 0.3 is 5.97 Å². The zero-order chi connectivity index (χ0) is 40.8. The van der Waals surface area contributed by atoms with Crippen LogP contribution in [0.25, 0.3) is 0 Å². The number of aromatic nitrogens is 1. The van der Waals surface area contributed by atoms with E-state index in [2.05, 4.69) is 68.1 Å². The van der Waals surface area contributed by atoms with Crippen molar-refractivity contribution >= 4 is 67.7 Å². The van der Waals surface area contributed by atoms with Crippen LogP contribution in [-0.4, -0.2) is 63.0 Å². The molecule has 1 fully saturated rings. The van der Waals surface area contributed by atoms with Crippen LogP contribution in [0.4, 0.5) is 5.13 Å². The molecule has 59 heavy (non-hydrogen) atoms. The molecule has 0 bridgehead atoms. The number of esters is 1. The van der Waals surface area contributed by atoms with Crippen LogP contribution in [0, 0.1) is 0 Å². The Kier molecular flexibility index (Phi) is 12.0. The van der Waals surface area contributed by atoms with E-state index in [-0.39, 0.29) is 17.1 Å². The van der Waals surface area contributed by atoms with Crippen LogP contribution in [0.15, 0.2) is 173 Å². The lowest BCUT2D eigenvalue weighted by atomic mass is 9.77. The molecule has 0 radical (unpaired) electrons. The van der Waals surface area contributed by atoms with Gasteiger partial charge in [-0.2, -0.15) is 0 Å². The first-order chi connectivity index (χ1) is 28.9. The van der Waals surface area contributed by atoms with Gasteiger partial charge in [-0.15, -0.1) is 23.1 Å². The first-order valence-corrected chi connectivity index (χ1v) is 21.8. The molecular weight excluding hydrogens is 847 g/mol. The summed E-state index contributed by atoms with van der Waals surface area (Å²) in [5.74, 6) is -1.26. The number of alkyl halides is 1. The highest BCUT2D eigenvalue weighted by atomic mass is 79.9.